The Bertz CT molecular complexity index is 522. The minimum absolute atomic E-state index is 0. The first-order chi connectivity index (χ1) is 7.83. The van der Waals surface area contributed by atoms with Gasteiger partial charge in [-0.25, -0.2) is 0 Å². The number of aromatic nitrogens is 3. The minimum Gasteiger partial charge on any atom is -0.337 e. The van der Waals surface area contributed by atoms with Crippen LogP contribution in [-0.4, -0.2) is 15.0 Å². The number of hydrogen-bond donors (Lipinski definition) is 2. The van der Waals surface area contributed by atoms with Crippen LogP contribution in [0.3, 0.4) is 0 Å². The van der Waals surface area contributed by atoms with Crippen LogP contribution in [0.4, 0.5) is 11.5 Å². The molecule has 2 aromatic rings. The summed E-state index contributed by atoms with van der Waals surface area (Å²) in [4.78, 5) is 1.55. The van der Waals surface area contributed by atoms with E-state index in [1.54, 1.807) is 11.0 Å². The SMILES string of the molecule is Cl.Cn1ncc(Nc2cccc3c2CNC3)n1. The van der Waals surface area contributed by atoms with E-state index in [0.717, 1.165) is 24.6 Å². The molecule has 3 rings (SSSR count). The molecule has 0 radical (unpaired) electrons. The molecule has 1 aliphatic heterocycles. The quantitative estimate of drug-likeness (QED) is 0.851. The van der Waals surface area contributed by atoms with Gasteiger partial charge >= 0.3 is 0 Å². The monoisotopic (exact) mass is 251 g/mol. The first-order valence-electron chi connectivity index (χ1n) is 5.28. The standard InChI is InChI=1S/C11H13N5.ClH/c1-16-13-7-11(15-16)14-10-4-2-3-8-5-12-6-9(8)10;/h2-4,7,12H,5-6H2,1H3,(H,14,15);1H. The van der Waals surface area contributed by atoms with Crippen LogP contribution in [0, 0.1) is 0 Å². The number of anilines is 2. The molecule has 0 amide bonds. The Labute approximate surface area is 106 Å². The fourth-order valence-corrected chi connectivity index (χ4v) is 1.99. The van der Waals surface area contributed by atoms with E-state index in [1.807, 2.05) is 7.05 Å². The molecular weight excluding hydrogens is 238 g/mol. The molecular formula is C11H14ClN5. The van der Waals surface area contributed by atoms with Crippen molar-refractivity contribution in [2.24, 2.45) is 7.05 Å². The Balaban J connectivity index is 0.00000108. The van der Waals surface area contributed by atoms with E-state index < -0.39 is 0 Å². The second-order valence-electron chi connectivity index (χ2n) is 3.89. The van der Waals surface area contributed by atoms with Crippen molar-refractivity contribution in [2.45, 2.75) is 13.1 Å². The Hall–Kier alpha value is -1.59. The van der Waals surface area contributed by atoms with Crippen LogP contribution in [0.1, 0.15) is 11.1 Å². The summed E-state index contributed by atoms with van der Waals surface area (Å²) < 4.78 is 0. The topological polar surface area (TPSA) is 54.8 Å². The third kappa shape index (κ3) is 2.25. The lowest BCUT2D eigenvalue weighted by atomic mass is 10.1. The van der Waals surface area contributed by atoms with Crippen molar-refractivity contribution in [3.05, 3.63) is 35.5 Å². The van der Waals surface area contributed by atoms with Crippen molar-refractivity contribution in [1.82, 2.24) is 20.3 Å². The maximum absolute atomic E-state index is 4.21. The number of nitrogens with one attached hydrogen (secondary N) is 2. The summed E-state index contributed by atoms with van der Waals surface area (Å²) in [6.07, 6.45) is 1.72. The summed E-state index contributed by atoms with van der Waals surface area (Å²) in [6.45, 7) is 1.87. The fourth-order valence-electron chi connectivity index (χ4n) is 1.99. The zero-order valence-electron chi connectivity index (χ0n) is 9.47. The van der Waals surface area contributed by atoms with Gasteiger partial charge in [-0.3, -0.25) is 0 Å². The number of hydrogen-bond acceptors (Lipinski definition) is 4. The molecule has 0 saturated carbocycles. The lowest BCUT2D eigenvalue weighted by Gasteiger charge is -2.07. The maximum atomic E-state index is 4.21. The molecule has 90 valence electrons. The zero-order valence-corrected chi connectivity index (χ0v) is 10.3. The highest BCUT2D eigenvalue weighted by atomic mass is 35.5. The van der Waals surface area contributed by atoms with E-state index in [0.29, 0.717) is 0 Å². The molecule has 0 unspecified atom stereocenters. The van der Waals surface area contributed by atoms with Crippen molar-refractivity contribution in [2.75, 3.05) is 5.32 Å². The minimum atomic E-state index is 0. The van der Waals surface area contributed by atoms with Crippen molar-refractivity contribution in [1.29, 1.82) is 0 Å². The van der Waals surface area contributed by atoms with Crippen LogP contribution >= 0.6 is 12.4 Å². The molecule has 0 spiro atoms. The summed E-state index contributed by atoms with van der Waals surface area (Å²) in [6, 6.07) is 6.28. The average Bonchev–Trinajstić information content (AvgIpc) is 2.87. The smallest absolute Gasteiger partial charge is 0.172 e. The molecule has 0 atom stereocenters. The van der Waals surface area contributed by atoms with E-state index in [9.17, 15) is 0 Å². The molecule has 6 heteroatoms. The van der Waals surface area contributed by atoms with Gasteiger partial charge in [-0.1, -0.05) is 12.1 Å². The van der Waals surface area contributed by atoms with Gasteiger partial charge in [-0.15, -0.1) is 17.5 Å². The third-order valence-electron chi connectivity index (χ3n) is 2.75. The molecule has 17 heavy (non-hydrogen) atoms. The van der Waals surface area contributed by atoms with Crippen LogP contribution in [0.15, 0.2) is 24.4 Å². The van der Waals surface area contributed by atoms with Crippen molar-refractivity contribution < 1.29 is 0 Å². The van der Waals surface area contributed by atoms with Crippen molar-refractivity contribution in [3.8, 4) is 0 Å². The number of nitrogens with zero attached hydrogens (tertiary/aromatic N) is 3. The molecule has 1 aromatic carbocycles. The summed E-state index contributed by atoms with van der Waals surface area (Å²) in [5.41, 5.74) is 3.80. The first-order valence-corrected chi connectivity index (χ1v) is 5.28. The lowest BCUT2D eigenvalue weighted by Crippen LogP contribution is -2.01. The summed E-state index contributed by atoms with van der Waals surface area (Å²) >= 11 is 0. The lowest BCUT2D eigenvalue weighted by molar-refractivity contribution is 0.656. The highest BCUT2D eigenvalue weighted by Crippen LogP contribution is 2.25. The van der Waals surface area contributed by atoms with Crippen LogP contribution in [0.2, 0.25) is 0 Å². The molecule has 0 saturated heterocycles. The molecule has 0 bridgehead atoms. The van der Waals surface area contributed by atoms with E-state index in [4.69, 9.17) is 0 Å². The predicted molar refractivity (Wildman–Crippen MR) is 68.5 cm³/mol. The van der Waals surface area contributed by atoms with Gasteiger partial charge in [-0.2, -0.15) is 9.90 Å². The Morgan fingerprint density at radius 2 is 2.24 bits per heavy atom. The summed E-state index contributed by atoms with van der Waals surface area (Å²) in [5.74, 6) is 0.780. The van der Waals surface area contributed by atoms with Crippen LogP contribution in [-0.2, 0) is 20.1 Å². The van der Waals surface area contributed by atoms with Crippen molar-refractivity contribution in [3.63, 3.8) is 0 Å². The Morgan fingerprint density at radius 1 is 1.35 bits per heavy atom. The molecule has 0 aliphatic carbocycles. The number of halogens is 1. The van der Waals surface area contributed by atoms with E-state index in [2.05, 4.69) is 39.0 Å². The highest BCUT2D eigenvalue weighted by molar-refractivity contribution is 5.85. The number of benzene rings is 1. The number of fused-ring (bicyclic) bond motifs is 1. The van der Waals surface area contributed by atoms with Gasteiger partial charge < -0.3 is 10.6 Å². The summed E-state index contributed by atoms with van der Waals surface area (Å²) in [7, 11) is 1.81. The fraction of sp³-hybridized carbons (Fsp3) is 0.273. The van der Waals surface area contributed by atoms with Crippen LogP contribution in [0.5, 0.6) is 0 Å². The van der Waals surface area contributed by atoms with Gasteiger partial charge in [0.15, 0.2) is 5.82 Å². The van der Waals surface area contributed by atoms with Gasteiger partial charge in [-0.05, 0) is 17.2 Å². The third-order valence-corrected chi connectivity index (χ3v) is 2.75. The number of aryl methyl sites for hydroxylation is 1. The van der Waals surface area contributed by atoms with E-state index in [-0.39, 0.29) is 12.4 Å². The Kier molecular flexibility index (Phi) is 3.31. The van der Waals surface area contributed by atoms with Crippen LogP contribution in [0.25, 0.3) is 0 Å². The number of rotatable bonds is 2. The van der Waals surface area contributed by atoms with Gasteiger partial charge in [0, 0.05) is 25.8 Å². The van der Waals surface area contributed by atoms with Gasteiger partial charge in [0.1, 0.15) is 0 Å². The van der Waals surface area contributed by atoms with Crippen molar-refractivity contribution >= 4 is 23.9 Å². The second-order valence-corrected chi connectivity index (χ2v) is 3.89. The van der Waals surface area contributed by atoms with Gasteiger partial charge in [0.2, 0.25) is 0 Å². The van der Waals surface area contributed by atoms with Gasteiger partial charge in [0.25, 0.3) is 0 Å². The average molecular weight is 252 g/mol. The van der Waals surface area contributed by atoms with Crippen LogP contribution < -0.4 is 10.6 Å². The molecule has 0 fully saturated rings. The molecule has 2 N–H and O–H groups in total. The Morgan fingerprint density at radius 3 is 3.00 bits per heavy atom. The molecule has 1 aliphatic rings. The van der Waals surface area contributed by atoms with Gasteiger partial charge in [0.05, 0.1) is 6.20 Å². The first kappa shape index (κ1) is 11.9. The summed E-state index contributed by atoms with van der Waals surface area (Å²) in [5, 5.41) is 14.9. The molecule has 1 aromatic heterocycles. The molecule has 5 nitrogen and oxygen atoms in total. The molecule has 2 heterocycles. The van der Waals surface area contributed by atoms with E-state index in [1.165, 1.54) is 11.1 Å². The van der Waals surface area contributed by atoms with E-state index >= 15 is 0 Å². The largest absolute Gasteiger partial charge is 0.337 e. The zero-order chi connectivity index (χ0) is 11.0. The highest BCUT2D eigenvalue weighted by Gasteiger charge is 2.14. The predicted octanol–water partition coefficient (Wildman–Crippen LogP) is 1.58. The second kappa shape index (κ2) is 4.73. The maximum Gasteiger partial charge on any atom is 0.172 e. The normalized spacial score (nSPS) is 13.0.